The lowest BCUT2D eigenvalue weighted by Crippen LogP contribution is -2.27. The molecule has 23 heavy (non-hydrogen) atoms. The molecule has 0 aliphatic heterocycles. The van der Waals surface area contributed by atoms with Gasteiger partial charge in [0, 0.05) is 30.4 Å². The fraction of sp³-hybridized carbons (Fsp3) is 0.312. The molecule has 0 unspecified atom stereocenters. The molecule has 3 aromatic rings. The van der Waals surface area contributed by atoms with Crippen LogP contribution in [0.15, 0.2) is 36.9 Å². The van der Waals surface area contributed by atoms with Gasteiger partial charge in [0.1, 0.15) is 5.82 Å². The number of nitrogens with zero attached hydrogens (tertiary/aromatic N) is 6. The average Bonchev–Trinajstić information content (AvgIpc) is 2.87. The lowest BCUT2D eigenvalue weighted by molar-refractivity contribution is 0.0581. The summed E-state index contributed by atoms with van der Waals surface area (Å²) in [7, 11) is 0. The van der Waals surface area contributed by atoms with Crippen LogP contribution in [0.2, 0.25) is 0 Å². The van der Waals surface area contributed by atoms with Crippen LogP contribution in [0, 0.1) is 6.92 Å². The molecule has 7 heteroatoms. The summed E-state index contributed by atoms with van der Waals surface area (Å²) in [6.45, 7) is 5.62. The first-order valence-corrected chi connectivity index (χ1v) is 7.29. The van der Waals surface area contributed by atoms with Gasteiger partial charge in [-0.1, -0.05) is 0 Å². The Morgan fingerprint density at radius 2 is 1.74 bits per heavy atom. The van der Waals surface area contributed by atoms with E-state index in [9.17, 15) is 5.11 Å². The minimum absolute atomic E-state index is 0.343. The van der Waals surface area contributed by atoms with Gasteiger partial charge < -0.3 is 5.11 Å². The van der Waals surface area contributed by atoms with Crippen LogP contribution in [0.25, 0.3) is 22.8 Å². The molecule has 3 rings (SSSR count). The maximum atomic E-state index is 10.0. The van der Waals surface area contributed by atoms with Crippen molar-refractivity contribution in [3.05, 3.63) is 42.7 Å². The third kappa shape index (κ3) is 3.57. The lowest BCUT2D eigenvalue weighted by Gasteiger charge is -2.17. The van der Waals surface area contributed by atoms with Crippen molar-refractivity contribution in [3.8, 4) is 22.8 Å². The van der Waals surface area contributed by atoms with Gasteiger partial charge in [0.05, 0.1) is 17.7 Å². The summed E-state index contributed by atoms with van der Waals surface area (Å²) in [6.07, 6.45) is 6.84. The van der Waals surface area contributed by atoms with E-state index in [2.05, 4.69) is 25.0 Å². The molecule has 3 heterocycles. The Kier molecular flexibility index (Phi) is 3.87. The number of hydrogen-bond acceptors (Lipinski definition) is 6. The Morgan fingerprint density at radius 1 is 1.09 bits per heavy atom. The van der Waals surface area contributed by atoms with Crippen LogP contribution in [-0.4, -0.2) is 40.4 Å². The summed E-state index contributed by atoms with van der Waals surface area (Å²) in [5.74, 6) is 1.91. The third-order valence-electron chi connectivity index (χ3n) is 3.16. The Labute approximate surface area is 134 Å². The maximum absolute atomic E-state index is 10.0. The standard InChI is InChI=1S/C16H18N6O/c1-11-20-15(22(21-11)10-16(2,3)23)13-8-18-14(19-9-13)12-4-6-17-7-5-12/h4-9,23H,10H2,1-3H3. The van der Waals surface area contributed by atoms with Crippen LogP contribution >= 0.6 is 0 Å². The number of aliphatic hydroxyl groups is 1. The van der Waals surface area contributed by atoms with Crippen molar-refractivity contribution >= 4 is 0 Å². The van der Waals surface area contributed by atoms with Gasteiger partial charge in [0.25, 0.3) is 0 Å². The van der Waals surface area contributed by atoms with Gasteiger partial charge in [-0.2, -0.15) is 5.10 Å². The topological polar surface area (TPSA) is 89.6 Å². The fourth-order valence-electron chi connectivity index (χ4n) is 2.24. The second kappa shape index (κ2) is 5.85. The molecule has 0 spiro atoms. The summed E-state index contributed by atoms with van der Waals surface area (Å²) >= 11 is 0. The Bertz CT molecular complexity index is 790. The highest BCUT2D eigenvalue weighted by atomic mass is 16.3. The highest BCUT2D eigenvalue weighted by Crippen LogP contribution is 2.20. The van der Waals surface area contributed by atoms with E-state index in [1.54, 1.807) is 43.3 Å². The zero-order valence-corrected chi connectivity index (χ0v) is 13.3. The molecule has 0 aliphatic rings. The van der Waals surface area contributed by atoms with E-state index in [1.807, 2.05) is 19.1 Å². The number of aromatic nitrogens is 6. The molecule has 0 fully saturated rings. The van der Waals surface area contributed by atoms with Crippen molar-refractivity contribution in [2.75, 3.05) is 0 Å². The highest BCUT2D eigenvalue weighted by Gasteiger charge is 2.19. The van der Waals surface area contributed by atoms with E-state index in [1.165, 1.54) is 0 Å². The number of rotatable bonds is 4. The van der Waals surface area contributed by atoms with Gasteiger partial charge in [0.2, 0.25) is 0 Å². The van der Waals surface area contributed by atoms with Crippen molar-refractivity contribution in [1.82, 2.24) is 29.7 Å². The Hall–Kier alpha value is -2.67. The van der Waals surface area contributed by atoms with Crippen molar-refractivity contribution in [1.29, 1.82) is 0 Å². The van der Waals surface area contributed by atoms with Gasteiger partial charge in [-0.3, -0.25) is 4.98 Å². The number of pyridine rings is 1. The molecule has 118 valence electrons. The second-order valence-corrected chi connectivity index (χ2v) is 5.98. The smallest absolute Gasteiger partial charge is 0.161 e. The first-order chi connectivity index (χ1) is 10.9. The molecule has 0 amide bonds. The molecule has 3 aromatic heterocycles. The van der Waals surface area contributed by atoms with Crippen molar-refractivity contribution < 1.29 is 5.11 Å². The molecule has 0 bridgehead atoms. The van der Waals surface area contributed by atoms with Crippen molar-refractivity contribution in [2.45, 2.75) is 32.9 Å². The molecule has 0 aromatic carbocycles. The van der Waals surface area contributed by atoms with E-state index in [0.29, 0.717) is 24.0 Å². The average molecular weight is 310 g/mol. The van der Waals surface area contributed by atoms with Gasteiger partial charge in [-0.15, -0.1) is 0 Å². The molecule has 0 radical (unpaired) electrons. The van der Waals surface area contributed by atoms with Crippen LogP contribution < -0.4 is 0 Å². The molecule has 0 saturated carbocycles. The van der Waals surface area contributed by atoms with E-state index in [0.717, 1.165) is 11.1 Å². The summed E-state index contributed by atoms with van der Waals surface area (Å²) in [5.41, 5.74) is 0.778. The van der Waals surface area contributed by atoms with Crippen LogP contribution in [0.1, 0.15) is 19.7 Å². The van der Waals surface area contributed by atoms with Gasteiger partial charge in [-0.05, 0) is 32.9 Å². The van der Waals surface area contributed by atoms with Crippen molar-refractivity contribution in [2.24, 2.45) is 0 Å². The van der Waals surface area contributed by atoms with Crippen LogP contribution in [0.4, 0.5) is 0 Å². The van der Waals surface area contributed by atoms with Gasteiger partial charge >= 0.3 is 0 Å². The number of aryl methyl sites for hydroxylation is 1. The second-order valence-electron chi connectivity index (χ2n) is 5.98. The molecule has 1 N–H and O–H groups in total. The maximum Gasteiger partial charge on any atom is 0.161 e. The van der Waals surface area contributed by atoms with Crippen LogP contribution in [0.5, 0.6) is 0 Å². The molecule has 7 nitrogen and oxygen atoms in total. The lowest BCUT2D eigenvalue weighted by atomic mass is 10.1. The Morgan fingerprint density at radius 3 is 2.35 bits per heavy atom. The zero-order valence-electron chi connectivity index (χ0n) is 13.3. The first-order valence-electron chi connectivity index (χ1n) is 7.29. The molecule has 0 aliphatic carbocycles. The summed E-state index contributed by atoms with van der Waals surface area (Å²) < 4.78 is 1.68. The summed E-state index contributed by atoms with van der Waals surface area (Å²) in [6, 6.07) is 3.71. The monoisotopic (exact) mass is 310 g/mol. The third-order valence-corrected chi connectivity index (χ3v) is 3.16. The van der Waals surface area contributed by atoms with E-state index in [4.69, 9.17) is 0 Å². The molecular weight excluding hydrogens is 292 g/mol. The molecule has 0 saturated heterocycles. The van der Waals surface area contributed by atoms with E-state index < -0.39 is 5.60 Å². The zero-order chi connectivity index (χ0) is 16.4. The predicted molar refractivity (Wildman–Crippen MR) is 85.3 cm³/mol. The van der Waals surface area contributed by atoms with E-state index >= 15 is 0 Å². The highest BCUT2D eigenvalue weighted by molar-refractivity contribution is 5.58. The minimum atomic E-state index is -0.882. The molecule has 0 atom stereocenters. The Balaban J connectivity index is 1.94. The van der Waals surface area contributed by atoms with Crippen molar-refractivity contribution in [3.63, 3.8) is 0 Å². The quantitative estimate of drug-likeness (QED) is 0.791. The fourth-order valence-corrected chi connectivity index (χ4v) is 2.24. The molecular formula is C16H18N6O. The van der Waals surface area contributed by atoms with Gasteiger partial charge in [-0.25, -0.2) is 19.6 Å². The summed E-state index contributed by atoms with van der Waals surface area (Å²) in [5, 5.41) is 14.4. The minimum Gasteiger partial charge on any atom is -0.389 e. The van der Waals surface area contributed by atoms with Crippen LogP contribution in [-0.2, 0) is 6.54 Å². The van der Waals surface area contributed by atoms with Crippen LogP contribution in [0.3, 0.4) is 0 Å². The first kappa shape index (κ1) is 15.2. The SMILES string of the molecule is Cc1nc(-c2cnc(-c3ccncc3)nc2)n(CC(C)(C)O)n1. The predicted octanol–water partition coefficient (Wildman–Crippen LogP) is 1.88. The number of hydrogen-bond donors (Lipinski definition) is 1. The van der Waals surface area contributed by atoms with E-state index in [-0.39, 0.29) is 0 Å². The summed E-state index contributed by atoms with van der Waals surface area (Å²) in [4.78, 5) is 17.2. The van der Waals surface area contributed by atoms with Gasteiger partial charge in [0.15, 0.2) is 11.6 Å². The normalized spacial score (nSPS) is 11.7. The largest absolute Gasteiger partial charge is 0.389 e.